The molecule has 3 heteroatoms. The number of carbonyl (C=O) groups is 1. The Labute approximate surface area is 80.5 Å². The van der Waals surface area contributed by atoms with Crippen LogP contribution in [0, 0.1) is 5.92 Å². The van der Waals surface area contributed by atoms with Crippen LogP contribution in [-0.4, -0.2) is 37.5 Å². The highest BCUT2D eigenvalue weighted by atomic mass is 16.2. The highest BCUT2D eigenvalue weighted by Gasteiger charge is 2.34. The lowest BCUT2D eigenvalue weighted by Crippen LogP contribution is -2.28. The van der Waals surface area contributed by atoms with Crippen molar-refractivity contribution < 1.29 is 4.79 Å². The second kappa shape index (κ2) is 4.61. The molecular formula is C10H20N2O. The Morgan fingerprint density at radius 3 is 2.69 bits per heavy atom. The minimum atomic E-state index is 0.209. The van der Waals surface area contributed by atoms with Gasteiger partial charge in [0.15, 0.2) is 0 Å². The van der Waals surface area contributed by atoms with Crippen LogP contribution in [0.25, 0.3) is 0 Å². The van der Waals surface area contributed by atoms with Crippen molar-refractivity contribution in [3.05, 3.63) is 0 Å². The molecular weight excluding hydrogens is 164 g/mol. The van der Waals surface area contributed by atoms with Crippen molar-refractivity contribution in [3.63, 3.8) is 0 Å². The number of nitrogens with one attached hydrogen (secondary N) is 1. The first-order chi connectivity index (χ1) is 6.15. The summed E-state index contributed by atoms with van der Waals surface area (Å²) in [4.78, 5) is 12.8. The van der Waals surface area contributed by atoms with Crippen molar-refractivity contribution in [1.82, 2.24) is 10.2 Å². The van der Waals surface area contributed by atoms with Crippen molar-refractivity contribution in [2.24, 2.45) is 5.92 Å². The molecule has 0 aromatic carbocycles. The summed E-state index contributed by atoms with van der Waals surface area (Å²) >= 11 is 0. The van der Waals surface area contributed by atoms with E-state index in [1.165, 1.54) is 12.8 Å². The van der Waals surface area contributed by atoms with Gasteiger partial charge in [0, 0.05) is 33.1 Å². The third-order valence-electron chi connectivity index (χ3n) is 2.69. The van der Waals surface area contributed by atoms with E-state index < -0.39 is 0 Å². The van der Waals surface area contributed by atoms with Crippen LogP contribution in [0.5, 0.6) is 0 Å². The van der Waals surface area contributed by atoms with Crippen LogP contribution in [0.3, 0.4) is 0 Å². The van der Waals surface area contributed by atoms with Gasteiger partial charge in [-0.1, -0.05) is 13.3 Å². The van der Waals surface area contributed by atoms with E-state index in [2.05, 4.69) is 12.2 Å². The Bertz CT molecular complexity index is 180. The van der Waals surface area contributed by atoms with E-state index in [0.29, 0.717) is 12.5 Å². The first kappa shape index (κ1) is 10.5. The SMILES string of the molecule is CCC1CC1NCCC(=O)N(C)C. The van der Waals surface area contributed by atoms with Gasteiger partial charge in [0.2, 0.25) is 5.91 Å². The largest absolute Gasteiger partial charge is 0.349 e. The summed E-state index contributed by atoms with van der Waals surface area (Å²) in [6.45, 7) is 3.05. The van der Waals surface area contributed by atoms with E-state index in [-0.39, 0.29) is 5.91 Å². The van der Waals surface area contributed by atoms with Crippen molar-refractivity contribution in [3.8, 4) is 0 Å². The van der Waals surface area contributed by atoms with Gasteiger partial charge in [-0.15, -0.1) is 0 Å². The maximum Gasteiger partial charge on any atom is 0.223 e. The van der Waals surface area contributed by atoms with Crippen molar-refractivity contribution in [2.75, 3.05) is 20.6 Å². The Kier molecular flexibility index (Phi) is 3.72. The third-order valence-corrected chi connectivity index (χ3v) is 2.69. The third kappa shape index (κ3) is 3.35. The first-order valence-electron chi connectivity index (χ1n) is 5.08. The van der Waals surface area contributed by atoms with Gasteiger partial charge < -0.3 is 10.2 Å². The molecule has 1 saturated carbocycles. The summed E-state index contributed by atoms with van der Waals surface area (Å²) in [5.74, 6) is 1.08. The minimum absolute atomic E-state index is 0.209. The van der Waals surface area contributed by atoms with Crippen LogP contribution in [0.4, 0.5) is 0 Å². The Hall–Kier alpha value is -0.570. The summed E-state index contributed by atoms with van der Waals surface area (Å²) in [5, 5.41) is 3.40. The molecule has 2 atom stereocenters. The van der Waals surface area contributed by atoms with E-state index in [1.54, 1.807) is 19.0 Å². The summed E-state index contributed by atoms with van der Waals surface area (Å²) < 4.78 is 0. The number of amides is 1. The number of nitrogens with zero attached hydrogens (tertiary/aromatic N) is 1. The average Bonchev–Trinajstić information content (AvgIpc) is 2.83. The zero-order valence-electron chi connectivity index (χ0n) is 8.84. The van der Waals surface area contributed by atoms with Crippen LogP contribution < -0.4 is 5.32 Å². The van der Waals surface area contributed by atoms with E-state index in [0.717, 1.165) is 12.5 Å². The molecule has 0 radical (unpaired) electrons. The molecule has 1 aliphatic rings. The fraction of sp³-hybridized carbons (Fsp3) is 0.900. The number of rotatable bonds is 5. The minimum Gasteiger partial charge on any atom is -0.349 e. The average molecular weight is 184 g/mol. The molecule has 1 amide bonds. The molecule has 76 valence electrons. The summed E-state index contributed by atoms with van der Waals surface area (Å²) in [6, 6.07) is 0.694. The van der Waals surface area contributed by atoms with Gasteiger partial charge in [-0.3, -0.25) is 4.79 Å². The van der Waals surface area contributed by atoms with E-state index in [1.807, 2.05) is 0 Å². The standard InChI is InChI=1S/C10H20N2O/c1-4-8-7-9(8)11-6-5-10(13)12(2)3/h8-9,11H,4-7H2,1-3H3. The van der Waals surface area contributed by atoms with Crippen LogP contribution in [0.15, 0.2) is 0 Å². The van der Waals surface area contributed by atoms with Crippen LogP contribution in [0.2, 0.25) is 0 Å². The fourth-order valence-electron chi connectivity index (χ4n) is 1.54. The number of hydrogen-bond acceptors (Lipinski definition) is 2. The normalized spacial score (nSPS) is 25.8. The predicted molar refractivity (Wildman–Crippen MR) is 53.5 cm³/mol. The highest BCUT2D eigenvalue weighted by molar-refractivity contribution is 5.75. The molecule has 1 fully saturated rings. The molecule has 1 rings (SSSR count). The van der Waals surface area contributed by atoms with Gasteiger partial charge in [-0.25, -0.2) is 0 Å². The Morgan fingerprint density at radius 2 is 2.23 bits per heavy atom. The molecule has 0 aromatic heterocycles. The molecule has 1 N–H and O–H groups in total. The molecule has 0 heterocycles. The zero-order chi connectivity index (χ0) is 9.84. The Morgan fingerprint density at radius 1 is 1.54 bits per heavy atom. The summed E-state index contributed by atoms with van der Waals surface area (Å²) in [6.07, 6.45) is 3.19. The lowest BCUT2D eigenvalue weighted by molar-refractivity contribution is -0.128. The van der Waals surface area contributed by atoms with Gasteiger partial charge in [-0.05, 0) is 12.3 Å². The van der Waals surface area contributed by atoms with Crippen molar-refractivity contribution >= 4 is 5.91 Å². The molecule has 2 unspecified atom stereocenters. The molecule has 0 aliphatic heterocycles. The summed E-state index contributed by atoms with van der Waals surface area (Å²) in [5.41, 5.74) is 0. The Balaban J connectivity index is 1.99. The van der Waals surface area contributed by atoms with Crippen LogP contribution in [0.1, 0.15) is 26.2 Å². The molecule has 0 aromatic rings. The molecule has 0 saturated heterocycles. The van der Waals surface area contributed by atoms with E-state index >= 15 is 0 Å². The topological polar surface area (TPSA) is 32.3 Å². The fourth-order valence-corrected chi connectivity index (χ4v) is 1.54. The van der Waals surface area contributed by atoms with Gasteiger partial charge in [0.25, 0.3) is 0 Å². The molecule has 1 aliphatic carbocycles. The van der Waals surface area contributed by atoms with Gasteiger partial charge >= 0.3 is 0 Å². The van der Waals surface area contributed by atoms with Gasteiger partial charge in [0.05, 0.1) is 0 Å². The van der Waals surface area contributed by atoms with Crippen LogP contribution in [-0.2, 0) is 4.79 Å². The molecule has 0 bridgehead atoms. The molecule has 3 nitrogen and oxygen atoms in total. The number of carbonyl (C=O) groups excluding carboxylic acids is 1. The van der Waals surface area contributed by atoms with Crippen molar-refractivity contribution in [2.45, 2.75) is 32.2 Å². The first-order valence-corrected chi connectivity index (χ1v) is 5.08. The lowest BCUT2D eigenvalue weighted by Gasteiger charge is -2.10. The second-order valence-electron chi connectivity index (χ2n) is 4.00. The van der Waals surface area contributed by atoms with Gasteiger partial charge in [-0.2, -0.15) is 0 Å². The van der Waals surface area contributed by atoms with Crippen molar-refractivity contribution in [1.29, 1.82) is 0 Å². The summed E-state index contributed by atoms with van der Waals surface area (Å²) in [7, 11) is 3.60. The monoisotopic (exact) mass is 184 g/mol. The van der Waals surface area contributed by atoms with E-state index in [4.69, 9.17) is 0 Å². The highest BCUT2D eigenvalue weighted by Crippen LogP contribution is 2.32. The van der Waals surface area contributed by atoms with E-state index in [9.17, 15) is 4.79 Å². The number of hydrogen-bond donors (Lipinski definition) is 1. The molecule has 13 heavy (non-hydrogen) atoms. The van der Waals surface area contributed by atoms with Crippen LogP contribution >= 0.6 is 0 Å². The predicted octanol–water partition coefficient (Wildman–Crippen LogP) is 0.853. The zero-order valence-corrected chi connectivity index (χ0v) is 8.84. The van der Waals surface area contributed by atoms with Gasteiger partial charge in [0.1, 0.15) is 0 Å². The smallest absolute Gasteiger partial charge is 0.223 e. The quantitative estimate of drug-likeness (QED) is 0.687. The maximum atomic E-state index is 11.2. The maximum absolute atomic E-state index is 11.2. The lowest BCUT2D eigenvalue weighted by atomic mass is 10.3. The molecule has 0 spiro atoms. The second-order valence-corrected chi connectivity index (χ2v) is 4.00.